The number of carbonyl (C=O) groups is 1. The third-order valence-electron chi connectivity index (χ3n) is 4.27. The van der Waals surface area contributed by atoms with Crippen LogP contribution in [0.25, 0.3) is 11.2 Å². The van der Waals surface area contributed by atoms with Gasteiger partial charge in [-0.1, -0.05) is 17.3 Å². The maximum absolute atomic E-state index is 13.1. The average Bonchev–Trinajstić information content (AvgIpc) is 3.15. The van der Waals surface area contributed by atoms with Crippen LogP contribution in [0.3, 0.4) is 0 Å². The predicted octanol–water partition coefficient (Wildman–Crippen LogP) is 2.71. The average molecular weight is 442 g/mol. The summed E-state index contributed by atoms with van der Waals surface area (Å²) in [5.41, 5.74) is 1.26. The van der Waals surface area contributed by atoms with Crippen LogP contribution in [-0.4, -0.2) is 36.6 Å². The molecule has 0 aliphatic rings. The van der Waals surface area contributed by atoms with Crippen LogP contribution in [-0.2, 0) is 17.1 Å². The molecule has 8 nitrogen and oxygen atoms in total. The molecule has 4 aromatic rings. The van der Waals surface area contributed by atoms with Gasteiger partial charge in [-0.2, -0.15) is 0 Å². The summed E-state index contributed by atoms with van der Waals surface area (Å²) in [4.78, 5) is 31.4. The van der Waals surface area contributed by atoms with E-state index in [-0.39, 0.29) is 41.1 Å². The van der Waals surface area contributed by atoms with Crippen LogP contribution < -0.4 is 10.9 Å². The number of nitrogens with one attached hydrogen (secondary N) is 2. The molecule has 0 aliphatic carbocycles. The number of amides is 1. The van der Waals surface area contributed by atoms with E-state index >= 15 is 0 Å². The minimum absolute atomic E-state index is 0.102. The van der Waals surface area contributed by atoms with Crippen molar-refractivity contribution in [2.45, 2.75) is 12.3 Å². The van der Waals surface area contributed by atoms with Gasteiger partial charge in [0.2, 0.25) is 5.91 Å². The summed E-state index contributed by atoms with van der Waals surface area (Å²) < 4.78 is 27.5. The van der Waals surface area contributed by atoms with Crippen molar-refractivity contribution in [2.75, 3.05) is 11.1 Å². The Labute approximate surface area is 178 Å². The highest BCUT2D eigenvalue weighted by Crippen LogP contribution is 2.13. The van der Waals surface area contributed by atoms with Gasteiger partial charge in [0.25, 0.3) is 5.56 Å². The molecule has 2 N–H and O–H groups in total. The second-order valence-corrected chi connectivity index (χ2v) is 7.59. The van der Waals surface area contributed by atoms with Gasteiger partial charge in [0, 0.05) is 5.69 Å². The molecule has 1 amide bonds. The molecule has 0 atom stereocenters. The molecule has 0 unspecified atom stereocenters. The smallest absolute Gasteiger partial charge is 0.281 e. The lowest BCUT2D eigenvalue weighted by atomic mass is 10.2. The van der Waals surface area contributed by atoms with Crippen LogP contribution in [0.1, 0.15) is 11.4 Å². The van der Waals surface area contributed by atoms with E-state index in [9.17, 15) is 18.4 Å². The molecule has 158 valence electrons. The Morgan fingerprint density at radius 3 is 2.45 bits per heavy atom. The van der Waals surface area contributed by atoms with E-state index in [2.05, 4.69) is 25.6 Å². The first kappa shape index (κ1) is 20.7. The van der Waals surface area contributed by atoms with Gasteiger partial charge < -0.3 is 10.3 Å². The lowest BCUT2D eigenvalue weighted by molar-refractivity contribution is -0.113. The Morgan fingerprint density at radius 2 is 1.74 bits per heavy atom. The minimum Gasteiger partial charge on any atom is -0.325 e. The lowest BCUT2D eigenvalue weighted by Gasteiger charge is -2.06. The normalized spacial score (nSPS) is 11.0. The molecular formula is C20H16F2N6O2S. The summed E-state index contributed by atoms with van der Waals surface area (Å²) in [7, 11) is 0. The van der Waals surface area contributed by atoms with E-state index in [4.69, 9.17) is 0 Å². The van der Waals surface area contributed by atoms with Crippen molar-refractivity contribution in [3.8, 4) is 0 Å². The molecular weight excluding hydrogens is 426 g/mol. The molecule has 4 rings (SSSR count). The maximum Gasteiger partial charge on any atom is 0.281 e. The number of H-pyrrole nitrogens is 1. The van der Waals surface area contributed by atoms with Gasteiger partial charge in [-0.05, 0) is 42.0 Å². The molecule has 2 heterocycles. The standard InChI is InChI=1S/C20H16F2N6O2S/c21-13-3-1-12(2-4-13)9-28-19-18(26-27-28)20(30)25-16(24-19)10-31-11-17(29)23-15-7-5-14(22)6-8-15/h1-8H,9-11H2,(H,23,29)(H,24,25,30). The summed E-state index contributed by atoms with van der Waals surface area (Å²) >= 11 is 1.26. The Balaban J connectivity index is 1.42. The third-order valence-corrected chi connectivity index (χ3v) is 5.21. The first-order chi connectivity index (χ1) is 15.0. The van der Waals surface area contributed by atoms with E-state index < -0.39 is 5.56 Å². The molecule has 0 fully saturated rings. The number of aromatic amines is 1. The van der Waals surface area contributed by atoms with Crippen LogP contribution in [0.5, 0.6) is 0 Å². The predicted molar refractivity (Wildman–Crippen MR) is 113 cm³/mol. The third kappa shape index (κ3) is 5.12. The fraction of sp³-hybridized carbons (Fsp3) is 0.150. The van der Waals surface area contributed by atoms with Crippen LogP contribution in [0, 0.1) is 11.6 Å². The monoisotopic (exact) mass is 442 g/mol. The van der Waals surface area contributed by atoms with Gasteiger partial charge in [0.1, 0.15) is 17.5 Å². The van der Waals surface area contributed by atoms with E-state index in [0.29, 0.717) is 17.2 Å². The van der Waals surface area contributed by atoms with Crippen LogP contribution in [0.4, 0.5) is 14.5 Å². The molecule has 0 spiro atoms. The number of carbonyl (C=O) groups excluding carboxylic acids is 1. The number of nitrogens with zero attached hydrogens (tertiary/aromatic N) is 4. The summed E-state index contributed by atoms with van der Waals surface area (Å²) in [5, 5.41) is 10.5. The van der Waals surface area contributed by atoms with Gasteiger partial charge in [-0.3, -0.25) is 9.59 Å². The van der Waals surface area contributed by atoms with Crippen LogP contribution in [0.2, 0.25) is 0 Å². The number of hydrogen-bond acceptors (Lipinski definition) is 6. The highest BCUT2D eigenvalue weighted by Gasteiger charge is 2.13. The molecule has 0 aliphatic heterocycles. The van der Waals surface area contributed by atoms with Crippen molar-refractivity contribution in [2.24, 2.45) is 0 Å². The van der Waals surface area contributed by atoms with E-state index in [0.717, 1.165) is 5.56 Å². The van der Waals surface area contributed by atoms with Gasteiger partial charge in [-0.15, -0.1) is 16.9 Å². The molecule has 11 heteroatoms. The van der Waals surface area contributed by atoms with Crippen molar-refractivity contribution < 1.29 is 13.6 Å². The van der Waals surface area contributed by atoms with E-state index in [1.54, 1.807) is 12.1 Å². The zero-order chi connectivity index (χ0) is 21.8. The number of fused-ring (bicyclic) bond motifs is 1. The number of thioether (sulfide) groups is 1. The minimum atomic E-state index is -0.429. The van der Waals surface area contributed by atoms with Crippen LogP contribution in [0.15, 0.2) is 53.3 Å². The fourth-order valence-electron chi connectivity index (χ4n) is 2.82. The van der Waals surface area contributed by atoms with Crippen molar-refractivity contribution in [1.29, 1.82) is 0 Å². The molecule has 2 aromatic carbocycles. The first-order valence-electron chi connectivity index (χ1n) is 9.18. The fourth-order valence-corrected chi connectivity index (χ4v) is 3.51. The maximum atomic E-state index is 13.1. The van der Waals surface area contributed by atoms with Gasteiger partial charge in [0.05, 0.1) is 18.1 Å². The second-order valence-electron chi connectivity index (χ2n) is 6.61. The Morgan fingerprint density at radius 1 is 1.06 bits per heavy atom. The van der Waals surface area contributed by atoms with E-state index in [1.165, 1.54) is 52.8 Å². The quantitative estimate of drug-likeness (QED) is 0.456. The summed E-state index contributed by atoms with van der Waals surface area (Å²) in [5.74, 6) is -0.214. The Kier molecular flexibility index (Phi) is 6.03. The first-order valence-corrected chi connectivity index (χ1v) is 10.3. The highest BCUT2D eigenvalue weighted by molar-refractivity contribution is 7.99. The van der Waals surface area contributed by atoms with Gasteiger partial charge in [0.15, 0.2) is 11.2 Å². The largest absolute Gasteiger partial charge is 0.325 e. The topological polar surface area (TPSA) is 106 Å². The van der Waals surface area contributed by atoms with Crippen molar-refractivity contribution in [1.82, 2.24) is 25.0 Å². The Bertz CT molecular complexity index is 1270. The van der Waals surface area contributed by atoms with Crippen molar-refractivity contribution >= 4 is 34.5 Å². The molecule has 31 heavy (non-hydrogen) atoms. The lowest BCUT2D eigenvalue weighted by Crippen LogP contribution is -2.16. The molecule has 0 bridgehead atoms. The van der Waals surface area contributed by atoms with Crippen molar-refractivity contribution in [3.05, 3.63) is 81.9 Å². The Hall–Kier alpha value is -3.60. The van der Waals surface area contributed by atoms with Crippen LogP contribution >= 0.6 is 11.8 Å². The number of benzene rings is 2. The zero-order valence-corrected chi connectivity index (χ0v) is 16.8. The number of hydrogen-bond donors (Lipinski definition) is 2. The highest BCUT2D eigenvalue weighted by atomic mass is 32.2. The SMILES string of the molecule is O=C(CSCc1nc2c(nnn2Cc2ccc(F)cc2)c(=O)[nH]1)Nc1ccc(F)cc1. The zero-order valence-electron chi connectivity index (χ0n) is 16.0. The molecule has 0 radical (unpaired) electrons. The number of aromatic nitrogens is 5. The molecule has 0 saturated carbocycles. The van der Waals surface area contributed by atoms with E-state index in [1.807, 2.05) is 0 Å². The van der Waals surface area contributed by atoms with Crippen molar-refractivity contribution in [3.63, 3.8) is 0 Å². The summed E-state index contributed by atoms with van der Waals surface area (Å²) in [6.45, 7) is 0.278. The van der Waals surface area contributed by atoms with Gasteiger partial charge in [-0.25, -0.2) is 18.4 Å². The molecule has 0 saturated heterocycles. The molecule has 2 aromatic heterocycles. The second kappa shape index (κ2) is 9.04. The summed E-state index contributed by atoms with van der Waals surface area (Å²) in [6.07, 6.45) is 0. The number of rotatable bonds is 7. The number of halogens is 2. The summed E-state index contributed by atoms with van der Waals surface area (Å²) in [6, 6.07) is 11.4. The number of anilines is 1. The van der Waals surface area contributed by atoms with Gasteiger partial charge >= 0.3 is 0 Å².